The number of aliphatic carboxylic acids is 1. The van der Waals surface area contributed by atoms with Gasteiger partial charge in [0.1, 0.15) is 60.1 Å². The quantitative estimate of drug-likeness (QED) is 0.0140. The van der Waals surface area contributed by atoms with E-state index in [0.717, 1.165) is 26.5 Å². The molecule has 2 aliphatic heterocycles. The number of phenolic OH excluding ortho intramolecular Hbond substituents is 1. The van der Waals surface area contributed by atoms with Gasteiger partial charge in [-0.25, -0.2) is 9.97 Å². The maximum absolute atomic E-state index is 15.5. The van der Waals surface area contributed by atoms with Gasteiger partial charge in [0.2, 0.25) is 59.1 Å². The number of carboxylic acids is 1. The number of nitrogens with zero attached hydrogens (tertiary/aromatic N) is 4. The summed E-state index contributed by atoms with van der Waals surface area (Å²) in [4.78, 5) is 213. The molecule has 2 aromatic heterocycles. The van der Waals surface area contributed by atoms with Gasteiger partial charge in [0.05, 0.1) is 53.2 Å². The Bertz CT molecular complexity index is 3670. The number of aliphatic hydroxyl groups is 1. The van der Waals surface area contributed by atoms with Crippen LogP contribution in [0.25, 0.3) is 0 Å². The minimum atomic E-state index is -1.94. The van der Waals surface area contributed by atoms with Crippen molar-refractivity contribution in [1.29, 1.82) is 0 Å². The number of carbonyl (C=O) groups excluding carboxylic acids is 13. The fourth-order valence-corrected chi connectivity index (χ4v) is 14.4. The number of imidazole rings is 2. The molecule has 6 rings (SSSR count). The van der Waals surface area contributed by atoms with Crippen LogP contribution in [0.15, 0.2) is 73.6 Å². The predicted octanol–water partition coefficient (Wildman–Crippen LogP) is -2.21. The number of aromatic hydroxyl groups is 1. The van der Waals surface area contributed by atoms with E-state index in [-0.39, 0.29) is 168 Å². The zero-order valence-corrected chi connectivity index (χ0v) is 67.7. The minimum absolute atomic E-state index is 0. The summed E-state index contributed by atoms with van der Waals surface area (Å²) in [5.41, 5.74) is 1.61. The number of H-pyrrole nitrogens is 2. The molecule has 12 atom stereocenters. The van der Waals surface area contributed by atoms with Crippen LogP contribution >= 0.6 is 44.2 Å². The van der Waals surface area contributed by atoms with Crippen molar-refractivity contribution >= 4 is 127 Å². The van der Waals surface area contributed by atoms with Crippen molar-refractivity contribution in [3.05, 3.63) is 114 Å². The predicted molar refractivity (Wildman–Crippen MR) is 393 cm³/mol. The molecule has 2 saturated heterocycles. The second kappa shape index (κ2) is 46.6. The van der Waals surface area contributed by atoms with Crippen molar-refractivity contribution in [2.24, 2.45) is 11.8 Å². The average Bonchev–Trinajstić information content (AvgIpc) is 1.72. The zero-order chi connectivity index (χ0) is 77.0. The number of hydrogen-bond donors (Lipinski definition) is 16. The number of rotatable bonds is 32. The van der Waals surface area contributed by atoms with E-state index in [4.69, 9.17) is 0 Å². The van der Waals surface area contributed by atoms with Crippen LogP contribution < -0.4 is 58.5 Å². The maximum atomic E-state index is 15.5. The molecule has 588 valence electrons. The molecule has 2 unspecified atom stereocenters. The van der Waals surface area contributed by atoms with Gasteiger partial charge < -0.3 is 112 Å². The van der Waals surface area contributed by atoms with Gasteiger partial charge in [0.25, 0.3) is 0 Å². The Hall–Kier alpha value is -6.82. The van der Waals surface area contributed by atoms with Crippen LogP contribution in [0.2, 0.25) is 0 Å². The van der Waals surface area contributed by atoms with E-state index < -0.39 is 174 Å². The van der Waals surface area contributed by atoms with E-state index in [1.807, 2.05) is 29.5 Å². The second-order valence-electron chi connectivity index (χ2n) is 25.9. The largest absolute Gasteiger partial charge is 0.507 e. The third-order valence-corrected chi connectivity index (χ3v) is 20.4. The molecule has 34 nitrogen and oxygen atoms in total. The summed E-state index contributed by atoms with van der Waals surface area (Å²) in [6.07, 6.45) is 1.88. The number of aromatic nitrogens is 4. The topological polar surface area (TPSA) is 496 Å². The summed E-state index contributed by atoms with van der Waals surface area (Å²) in [5.74, 6) is -14.4. The van der Waals surface area contributed by atoms with Gasteiger partial charge in [0, 0.05) is 180 Å². The number of carboxylic acid groups (broad SMARTS) is 1. The van der Waals surface area contributed by atoms with Crippen LogP contribution in [0, 0.1) is 109 Å². The van der Waals surface area contributed by atoms with E-state index >= 15 is 9.59 Å². The van der Waals surface area contributed by atoms with Crippen LogP contribution in [0.4, 0.5) is 0 Å². The third kappa shape index (κ3) is 31.2. The molecular weight excluding hydrogens is 1830 g/mol. The molecule has 0 spiro atoms. The van der Waals surface area contributed by atoms with E-state index in [1.54, 1.807) is 56.0 Å². The van der Waals surface area contributed by atoms with E-state index in [0.29, 0.717) is 32.5 Å². The monoisotopic (exact) mass is 1930 g/mol. The van der Waals surface area contributed by atoms with Crippen LogP contribution in [0.3, 0.4) is 0 Å². The third-order valence-electron chi connectivity index (χ3n) is 17.1. The minimum Gasteiger partial charge on any atom is -0.507 e. The fourth-order valence-electron chi connectivity index (χ4n) is 11.5. The number of benzene rings is 2. The van der Waals surface area contributed by atoms with E-state index in [9.17, 15) is 72.9 Å². The van der Waals surface area contributed by atoms with Crippen LogP contribution in [0.5, 0.6) is 5.75 Å². The van der Waals surface area contributed by atoms with Gasteiger partial charge in [-0.1, -0.05) is 92.1 Å². The number of Topliss-reactive ketones (excluding diaryl/α,β-unsaturated/α-hetero) is 1. The fraction of sp³-hybridized carbons (Fsp3) is 0.500. The van der Waals surface area contributed by atoms with Gasteiger partial charge in [0.15, 0.2) is 5.78 Å². The number of amides is 12. The Morgan fingerprint density at radius 3 is 1.82 bits per heavy atom. The van der Waals surface area contributed by atoms with E-state index in [2.05, 4.69) is 92.3 Å². The van der Waals surface area contributed by atoms with Crippen LogP contribution in [-0.4, -0.2) is 245 Å². The Morgan fingerprint density at radius 2 is 1.26 bits per heavy atom. The van der Waals surface area contributed by atoms with Crippen LogP contribution in [-0.2, 0) is 92.8 Å². The molecule has 39 heteroatoms. The molecular formula is C68H92Gd2IN17O17S2-2. The Labute approximate surface area is 704 Å². The molecule has 0 radical (unpaired) electrons. The first-order valence-corrected chi connectivity index (χ1v) is 37.5. The Kier molecular flexibility index (Phi) is 40.3. The number of hydrogen-bond acceptors (Lipinski definition) is 21. The summed E-state index contributed by atoms with van der Waals surface area (Å²) < 4.78 is 0.328. The first-order chi connectivity index (χ1) is 49.9. The first kappa shape index (κ1) is 92.6. The maximum Gasteiger partial charge on any atom is 0.305 e. The van der Waals surface area contributed by atoms with Crippen molar-refractivity contribution in [3.63, 3.8) is 0 Å². The molecule has 0 bridgehead atoms. The van der Waals surface area contributed by atoms with Gasteiger partial charge in [-0.05, 0) is 71.0 Å². The summed E-state index contributed by atoms with van der Waals surface area (Å²) in [5, 5.41) is 61.0. The summed E-state index contributed by atoms with van der Waals surface area (Å²) in [6.45, 7) is 14.4. The van der Waals surface area contributed by atoms with Gasteiger partial charge in [-0.3, -0.25) is 62.4 Å². The molecule has 0 aliphatic carbocycles. The number of nitrogens with one attached hydrogen (secondary N) is 13. The van der Waals surface area contributed by atoms with Crippen molar-refractivity contribution in [2.45, 2.75) is 153 Å². The number of fused-ring (bicyclic) bond motifs is 1. The number of phenols is 1. The molecule has 16 N–H and O–H groups in total. The second-order valence-corrected chi connectivity index (χ2v) is 29.7. The number of aromatic amines is 2. The normalized spacial score (nSPS) is 20.2. The molecule has 2 aliphatic rings. The van der Waals surface area contributed by atoms with Gasteiger partial charge in [-0.15, -0.1) is 0 Å². The van der Waals surface area contributed by atoms with E-state index in [1.165, 1.54) is 50.2 Å². The average molecular weight is 1930 g/mol. The summed E-state index contributed by atoms with van der Waals surface area (Å²) in [7, 11) is 1.76. The molecule has 2 aromatic carbocycles. The Balaban J connectivity index is 0.0000121. The molecule has 107 heavy (non-hydrogen) atoms. The SMILES string of the molecule is [CH2-]C(=O)NCCN(CCNC([CH2-])=O)CC(=O)N[C@@H](Cc1ccccc1)C(=O)N[C@@H](Cc1cnc[nH]1)C(=O)N[C@H]1CSSC[C@@H](C(=O)N[C@@H](Cc2cnc[nH]2)C(=O)N[C@H](C(C)=O)C(C)CC)NC(=O)[C@H](CC(C)C)NC(=O)[C@H](CC(=O)O)NC(=O)[C@H](Cc2ccc(O)c(I)c2)NC(=O)[C@@H]2CC(O)CN2C1=O.[Gd].[Gd]. The number of aliphatic hydroxyl groups excluding tert-OH is 1. The van der Waals surface area contributed by atoms with Gasteiger partial charge in [-0.2, -0.15) is 0 Å². The Morgan fingerprint density at radius 1 is 0.701 bits per heavy atom. The molecule has 4 aromatic rings. The zero-order valence-electron chi connectivity index (χ0n) is 59.4. The molecule has 4 heterocycles. The molecule has 12 amide bonds. The van der Waals surface area contributed by atoms with Crippen LogP contribution in [0.1, 0.15) is 82.8 Å². The van der Waals surface area contributed by atoms with Gasteiger partial charge >= 0.3 is 5.97 Å². The summed E-state index contributed by atoms with van der Waals surface area (Å²) >= 11 is 1.83. The number of carbonyl (C=O) groups is 14. The smallest absolute Gasteiger partial charge is 0.305 e. The summed E-state index contributed by atoms with van der Waals surface area (Å²) in [6, 6.07) is -2.73. The van der Waals surface area contributed by atoms with Crippen molar-refractivity contribution in [3.8, 4) is 5.75 Å². The molecule has 0 saturated carbocycles. The number of halogens is 1. The number of ketones is 1. The van der Waals surface area contributed by atoms with Crippen molar-refractivity contribution in [2.75, 3.05) is 50.8 Å². The van der Waals surface area contributed by atoms with Crippen molar-refractivity contribution in [1.82, 2.24) is 88.2 Å². The first-order valence-electron chi connectivity index (χ1n) is 33.9. The standard InChI is InChI=1S/C68H92IN17O17S2.2Gd/c1-8-37(4)59(38(5)87)84-65(100)51(25-44-29-71-35-75-44)79-66(101)53-32-104-105-33-54(83-63(98)50(24-43-28-70-34-74-43)78-61(96)48(22-41-12-10-9-11-13-41)76-57(92)31-85(18-16-72-39(6)88)19-17-73-40(7)89)68(103)86-30-45(90)26-55(86)67(102)81-49(23-42-14-15-56(91)46(69)21-42)62(97)80-52(27-58(93)94)64(99)77-47(20-36(2)3)60(95)82-53;;/h9-15,21,28-29,34-37,45,47-55,59,90-91H,6-8,16-20,22-27,30-33H2,1-5H3,(H,70,74)(H,71,75)(H,72,88)(H,73,89)(H,76,92)(H,77,99)(H,78,96)(H,79,101)(H,80,97)(H,81,102)(H,82,95)(H,83,98)(H,84,100)(H,93,94);;/q-2;;/t37?,45?,47-,48-,49-,50-,51-,52-,53-,54-,55-,59-;;/m0../s1. The molecule has 2 fully saturated rings. The van der Waals surface area contributed by atoms with Crippen molar-refractivity contribution < 1.29 is 162 Å².